The average molecular weight is 281 g/mol. The Labute approximate surface area is 118 Å². The van der Waals surface area contributed by atoms with Crippen molar-refractivity contribution in [1.82, 2.24) is 4.90 Å². The first-order chi connectivity index (χ1) is 9.42. The number of halogens is 1. The van der Waals surface area contributed by atoms with Crippen molar-refractivity contribution in [1.29, 1.82) is 0 Å². The highest BCUT2D eigenvalue weighted by atomic mass is 19.1. The van der Waals surface area contributed by atoms with E-state index < -0.39 is 5.97 Å². The molecule has 110 valence electrons. The third kappa shape index (κ3) is 5.38. The Kier molecular flexibility index (Phi) is 6.15. The van der Waals surface area contributed by atoms with Crippen molar-refractivity contribution in [2.75, 3.05) is 6.54 Å². The molecule has 1 amide bonds. The Bertz CT molecular complexity index is 476. The Balaban J connectivity index is 2.61. The molecule has 5 heteroatoms. The first-order valence-electron chi connectivity index (χ1n) is 6.66. The monoisotopic (exact) mass is 281 g/mol. The molecule has 1 atom stereocenters. The highest BCUT2D eigenvalue weighted by Crippen LogP contribution is 2.13. The van der Waals surface area contributed by atoms with Crippen LogP contribution < -0.4 is 0 Å². The van der Waals surface area contributed by atoms with Crippen LogP contribution in [-0.2, 0) is 16.1 Å². The van der Waals surface area contributed by atoms with Crippen LogP contribution in [0.5, 0.6) is 0 Å². The summed E-state index contributed by atoms with van der Waals surface area (Å²) in [5.74, 6) is -1.55. The number of carbonyl (C=O) groups is 2. The van der Waals surface area contributed by atoms with Gasteiger partial charge in [0, 0.05) is 25.9 Å². The molecule has 0 aromatic heterocycles. The lowest BCUT2D eigenvalue weighted by molar-refractivity contribution is -0.138. The quantitative estimate of drug-likeness (QED) is 0.836. The van der Waals surface area contributed by atoms with Gasteiger partial charge in [-0.1, -0.05) is 19.1 Å². The summed E-state index contributed by atoms with van der Waals surface area (Å²) in [4.78, 5) is 24.3. The fourth-order valence-corrected chi connectivity index (χ4v) is 2.03. The van der Waals surface area contributed by atoms with Gasteiger partial charge in [0.15, 0.2) is 0 Å². The Morgan fingerprint density at radius 2 is 2.05 bits per heavy atom. The molecule has 0 saturated heterocycles. The fraction of sp³-hybridized carbons (Fsp3) is 0.467. The van der Waals surface area contributed by atoms with Crippen molar-refractivity contribution >= 4 is 11.9 Å². The molecule has 1 rings (SSSR count). The summed E-state index contributed by atoms with van der Waals surface area (Å²) in [5.41, 5.74) is 0.728. The lowest BCUT2D eigenvalue weighted by Gasteiger charge is -2.22. The van der Waals surface area contributed by atoms with Gasteiger partial charge in [-0.3, -0.25) is 9.59 Å². The summed E-state index contributed by atoms with van der Waals surface area (Å²) in [7, 11) is 0. The van der Waals surface area contributed by atoms with Crippen molar-refractivity contribution in [2.45, 2.75) is 33.2 Å². The number of nitrogens with zero attached hydrogens (tertiary/aromatic N) is 1. The molecule has 1 N–H and O–H groups in total. The lowest BCUT2D eigenvalue weighted by Crippen LogP contribution is -2.31. The number of hydrogen-bond acceptors (Lipinski definition) is 2. The molecule has 0 radical (unpaired) electrons. The summed E-state index contributed by atoms with van der Waals surface area (Å²) in [6.07, 6.45) is 0.165. The van der Waals surface area contributed by atoms with Gasteiger partial charge in [-0.05, 0) is 30.5 Å². The molecule has 0 fully saturated rings. The van der Waals surface area contributed by atoms with E-state index in [9.17, 15) is 14.0 Å². The summed E-state index contributed by atoms with van der Waals surface area (Å²) in [6.45, 7) is 4.43. The van der Waals surface area contributed by atoms with Crippen molar-refractivity contribution in [3.63, 3.8) is 0 Å². The van der Waals surface area contributed by atoms with Crippen molar-refractivity contribution < 1.29 is 19.1 Å². The molecule has 20 heavy (non-hydrogen) atoms. The third-order valence-electron chi connectivity index (χ3n) is 3.04. The van der Waals surface area contributed by atoms with Crippen LogP contribution in [0.2, 0.25) is 0 Å². The molecule has 0 saturated carbocycles. The molecule has 4 nitrogen and oxygen atoms in total. The minimum absolute atomic E-state index is 0.0245. The number of hydrogen-bond donors (Lipinski definition) is 1. The Morgan fingerprint density at radius 1 is 1.35 bits per heavy atom. The van der Waals surface area contributed by atoms with Crippen LogP contribution >= 0.6 is 0 Å². The number of carboxylic acid groups (broad SMARTS) is 1. The molecule has 0 heterocycles. The highest BCUT2D eigenvalue weighted by molar-refractivity contribution is 5.77. The van der Waals surface area contributed by atoms with Crippen LogP contribution in [0.15, 0.2) is 24.3 Å². The van der Waals surface area contributed by atoms with Gasteiger partial charge >= 0.3 is 5.97 Å². The highest BCUT2D eigenvalue weighted by Gasteiger charge is 2.17. The maximum atomic E-state index is 13.1. The number of amides is 1. The zero-order valence-electron chi connectivity index (χ0n) is 11.8. The second-order valence-electron chi connectivity index (χ2n) is 4.94. The van der Waals surface area contributed by atoms with Crippen LogP contribution in [0.4, 0.5) is 4.39 Å². The molecule has 0 aliphatic heterocycles. The number of rotatable bonds is 7. The number of benzene rings is 1. The van der Waals surface area contributed by atoms with E-state index in [2.05, 4.69) is 0 Å². The van der Waals surface area contributed by atoms with E-state index in [4.69, 9.17) is 5.11 Å². The first kappa shape index (κ1) is 16.1. The summed E-state index contributed by atoms with van der Waals surface area (Å²) < 4.78 is 13.1. The number of aliphatic carboxylic acids is 1. The van der Waals surface area contributed by atoms with E-state index in [0.717, 1.165) is 5.56 Å². The van der Waals surface area contributed by atoms with Gasteiger partial charge in [0.1, 0.15) is 5.82 Å². The largest absolute Gasteiger partial charge is 0.481 e. The number of carbonyl (C=O) groups excluding carboxylic acids is 1. The standard InChI is InChI=1S/C15H20FNO3/c1-3-17(10-12-5-4-6-13(16)9-12)14(18)7-11(2)8-15(19)20/h4-6,9,11H,3,7-8,10H2,1-2H3,(H,19,20). The van der Waals surface area contributed by atoms with Crippen LogP contribution in [0.3, 0.4) is 0 Å². The maximum absolute atomic E-state index is 13.1. The Morgan fingerprint density at radius 3 is 2.60 bits per heavy atom. The summed E-state index contributed by atoms with van der Waals surface area (Å²) in [6, 6.07) is 6.13. The molecular weight excluding hydrogens is 261 g/mol. The van der Waals surface area contributed by atoms with E-state index in [0.29, 0.717) is 13.1 Å². The van der Waals surface area contributed by atoms with Gasteiger partial charge < -0.3 is 10.0 Å². The first-order valence-corrected chi connectivity index (χ1v) is 6.66. The third-order valence-corrected chi connectivity index (χ3v) is 3.04. The maximum Gasteiger partial charge on any atom is 0.303 e. The van der Waals surface area contributed by atoms with Gasteiger partial charge in [0.2, 0.25) is 5.91 Å². The lowest BCUT2D eigenvalue weighted by atomic mass is 10.0. The topological polar surface area (TPSA) is 57.6 Å². The van der Waals surface area contributed by atoms with Crippen molar-refractivity contribution in [3.8, 4) is 0 Å². The van der Waals surface area contributed by atoms with Crippen LogP contribution in [0.1, 0.15) is 32.3 Å². The summed E-state index contributed by atoms with van der Waals surface area (Å²) >= 11 is 0. The molecule has 0 bridgehead atoms. The van der Waals surface area contributed by atoms with Crippen molar-refractivity contribution in [3.05, 3.63) is 35.6 Å². The molecule has 1 aromatic carbocycles. The predicted molar refractivity (Wildman–Crippen MR) is 73.5 cm³/mol. The molecule has 0 spiro atoms. The van der Waals surface area contributed by atoms with E-state index in [1.54, 1.807) is 24.0 Å². The van der Waals surface area contributed by atoms with Crippen molar-refractivity contribution in [2.24, 2.45) is 5.92 Å². The zero-order valence-corrected chi connectivity index (χ0v) is 11.8. The SMILES string of the molecule is CCN(Cc1cccc(F)c1)C(=O)CC(C)CC(=O)O. The fourth-order valence-electron chi connectivity index (χ4n) is 2.03. The second kappa shape index (κ2) is 7.62. The normalized spacial score (nSPS) is 11.9. The Hall–Kier alpha value is -1.91. The minimum atomic E-state index is -0.904. The zero-order chi connectivity index (χ0) is 15.1. The number of carboxylic acids is 1. The minimum Gasteiger partial charge on any atom is -0.481 e. The van der Waals surface area contributed by atoms with Gasteiger partial charge in [0.25, 0.3) is 0 Å². The molecule has 1 aromatic rings. The second-order valence-corrected chi connectivity index (χ2v) is 4.94. The van der Waals surface area contributed by atoms with Gasteiger partial charge in [0.05, 0.1) is 0 Å². The van der Waals surface area contributed by atoms with Crippen LogP contribution in [0, 0.1) is 11.7 Å². The predicted octanol–water partition coefficient (Wildman–Crippen LogP) is 2.68. The summed E-state index contributed by atoms with van der Waals surface area (Å²) in [5, 5.41) is 8.69. The van der Waals surface area contributed by atoms with E-state index in [1.807, 2.05) is 6.92 Å². The molecular formula is C15H20FNO3. The van der Waals surface area contributed by atoms with E-state index in [1.165, 1.54) is 12.1 Å². The van der Waals surface area contributed by atoms with Gasteiger partial charge in [-0.15, -0.1) is 0 Å². The molecule has 1 unspecified atom stereocenters. The van der Waals surface area contributed by atoms with Crippen LogP contribution in [0.25, 0.3) is 0 Å². The molecule has 0 aliphatic rings. The van der Waals surface area contributed by atoms with E-state index >= 15 is 0 Å². The van der Waals surface area contributed by atoms with Gasteiger partial charge in [-0.2, -0.15) is 0 Å². The van der Waals surface area contributed by atoms with Crippen LogP contribution in [-0.4, -0.2) is 28.4 Å². The van der Waals surface area contributed by atoms with Gasteiger partial charge in [-0.25, -0.2) is 4.39 Å². The smallest absolute Gasteiger partial charge is 0.303 e. The molecule has 0 aliphatic carbocycles. The van der Waals surface area contributed by atoms with E-state index in [-0.39, 0.29) is 30.5 Å². The average Bonchev–Trinajstić information content (AvgIpc) is 2.34.